The topological polar surface area (TPSA) is 75.4 Å². The molecule has 1 atom stereocenters. The second-order valence-electron chi connectivity index (χ2n) is 4.51. The van der Waals surface area contributed by atoms with Crippen LogP contribution in [-0.4, -0.2) is 16.1 Å². The van der Waals surface area contributed by atoms with Crippen molar-refractivity contribution in [1.29, 1.82) is 0 Å². The average molecular weight is 260 g/mol. The Kier molecular flexibility index (Phi) is 3.55. The summed E-state index contributed by atoms with van der Waals surface area (Å²) in [6.45, 7) is 5.55. The first kappa shape index (κ1) is 13.1. The number of oxazole rings is 1. The molecular formula is C14H16N2O3. The molecule has 0 aliphatic carbocycles. The Labute approximate surface area is 111 Å². The molecular weight excluding hydrogens is 244 g/mol. The smallest absolute Gasteiger partial charge is 0.335 e. The highest BCUT2D eigenvalue weighted by Gasteiger charge is 2.12. The van der Waals surface area contributed by atoms with E-state index in [2.05, 4.69) is 10.3 Å². The second-order valence-corrected chi connectivity index (χ2v) is 4.51. The number of hydrogen-bond acceptors (Lipinski definition) is 4. The maximum atomic E-state index is 10.9. The van der Waals surface area contributed by atoms with Crippen molar-refractivity contribution < 1.29 is 14.3 Å². The fourth-order valence-electron chi connectivity index (χ4n) is 1.88. The number of hydrogen-bond donors (Lipinski definition) is 2. The van der Waals surface area contributed by atoms with Gasteiger partial charge in [0, 0.05) is 5.69 Å². The minimum atomic E-state index is -0.916. The van der Waals surface area contributed by atoms with Crippen LogP contribution in [0, 0.1) is 13.8 Å². The summed E-state index contributed by atoms with van der Waals surface area (Å²) >= 11 is 0. The summed E-state index contributed by atoms with van der Waals surface area (Å²) < 4.78 is 5.44. The fraction of sp³-hybridized carbons (Fsp3) is 0.286. The lowest BCUT2D eigenvalue weighted by Crippen LogP contribution is -2.08. The van der Waals surface area contributed by atoms with Gasteiger partial charge in [-0.2, -0.15) is 0 Å². The number of nitrogens with one attached hydrogen (secondary N) is 1. The van der Waals surface area contributed by atoms with E-state index in [-0.39, 0.29) is 6.04 Å². The Balaban J connectivity index is 2.15. The Morgan fingerprint density at radius 3 is 2.68 bits per heavy atom. The predicted octanol–water partition coefficient (Wildman–Crippen LogP) is 3.16. The Morgan fingerprint density at radius 1 is 1.42 bits per heavy atom. The first-order chi connectivity index (χ1) is 8.97. The zero-order chi connectivity index (χ0) is 14.0. The molecule has 0 radical (unpaired) electrons. The van der Waals surface area contributed by atoms with E-state index in [4.69, 9.17) is 9.52 Å². The lowest BCUT2D eigenvalue weighted by atomic mass is 10.1. The maximum absolute atomic E-state index is 10.9. The van der Waals surface area contributed by atoms with Gasteiger partial charge in [0.15, 0.2) is 0 Å². The highest BCUT2D eigenvalue weighted by Crippen LogP contribution is 2.21. The molecule has 5 nitrogen and oxygen atoms in total. The summed E-state index contributed by atoms with van der Waals surface area (Å²) in [5.74, 6) is 0.457. The predicted molar refractivity (Wildman–Crippen MR) is 71.4 cm³/mol. The third-order valence-electron chi connectivity index (χ3n) is 2.85. The van der Waals surface area contributed by atoms with Crippen LogP contribution in [0.15, 0.2) is 28.8 Å². The van der Waals surface area contributed by atoms with Gasteiger partial charge in [-0.25, -0.2) is 9.78 Å². The molecule has 1 aromatic carbocycles. The molecule has 5 heteroatoms. The Bertz CT molecular complexity index is 604. The number of aromatic nitrogens is 1. The molecule has 0 fully saturated rings. The molecule has 0 aliphatic heterocycles. The van der Waals surface area contributed by atoms with Gasteiger partial charge in [-0.15, -0.1) is 0 Å². The lowest BCUT2D eigenvalue weighted by Gasteiger charge is -2.13. The van der Waals surface area contributed by atoms with Crippen LogP contribution in [0.4, 0.5) is 5.69 Å². The van der Waals surface area contributed by atoms with Gasteiger partial charge < -0.3 is 14.8 Å². The monoisotopic (exact) mass is 260 g/mol. The number of carboxylic acid groups (broad SMARTS) is 1. The molecule has 0 amide bonds. The molecule has 0 aliphatic rings. The van der Waals surface area contributed by atoms with Crippen LogP contribution in [0.25, 0.3) is 0 Å². The van der Waals surface area contributed by atoms with E-state index in [0.29, 0.717) is 17.0 Å². The molecule has 1 unspecified atom stereocenters. The maximum Gasteiger partial charge on any atom is 0.335 e. The molecule has 1 aromatic heterocycles. The van der Waals surface area contributed by atoms with Crippen molar-refractivity contribution in [3.8, 4) is 0 Å². The third-order valence-corrected chi connectivity index (χ3v) is 2.85. The van der Waals surface area contributed by atoms with E-state index in [1.807, 2.05) is 13.8 Å². The lowest BCUT2D eigenvalue weighted by molar-refractivity contribution is 0.0696. The average Bonchev–Trinajstić information content (AvgIpc) is 2.75. The molecule has 19 heavy (non-hydrogen) atoms. The van der Waals surface area contributed by atoms with Crippen molar-refractivity contribution >= 4 is 11.7 Å². The molecule has 0 saturated carbocycles. The SMILES string of the molecule is Cc1cnc(C(C)Nc2ccc(C(=O)O)c(C)c2)o1. The van der Waals surface area contributed by atoms with Crippen molar-refractivity contribution in [1.82, 2.24) is 4.98 Å². The number of carboxylic acids is 1. The number of aromatic carboxylic acids is 1. The summed E-state index contributed by atoms with van der Waals surface area (Å²) in [6.07, 6.45) is 1.67. The quantitative estimate of drug-likeness (QED) is 0.883. The van der Waals surface area contributed by atoms with Crippen LogP contribution in [0.5, 0.6) is 0 Å². The first-order valence-corrected chi connectivity index (χ1v) is 6.00. The highest BCUT2D eigenvalue weighted by atomic mass is 16.4. The van der Waals surface area contributed by atoms with Gasteiger partial charge in [-0.3, -0.25) is 0 Å². The first-order valence-electron chi connectivity index (χ1n) is 6.00. The van der Waals surface area contributed by atoms with E-state index in [9.17, 15) is 4.79 Å². The normalized spacial score (nSPS) is 12.2. The molecule has 0 saturated heterocycles. The van der Waals surface area contributed by atoms with Crippen LogP contribution in [0.2, 0.25) is 0 Å². The van der Waals surface area contributed by atoms with Crippen LogP contribution >= 0.6 is 0 Å². The highest BCUT2D eigenvalue weighted by molar-refractivity contribution is 5.89. The number of benzene rings is 1. The second kappa shape index (κ2) is 5.14. The molecule has 1 heterocycles. The van der Waals surface area contributed by atoms with Gasteiger partial charge >= 0.3 is 5.97 Å². The van der Waals surface area contributed by atoms with E-state index in [1.54, 1.807) is 31.3 Å². The fourth-order valence-corrected chi connectivity index (χ4v) is 1.88. The van der Waals surface area contributed by atoms with Gasteiger partial charge in [0.2, 0.25) is 5.89 Å². The summed E-state index contributed by atoms with van der Waals surface area (Å²) in [7, 11) is 0. The van der Waals surface area contributed by atoms with Crippen molar-refractivity contribution in [2.75, 3.05) is 5.32 Å². The van der Waals surface area contributed by atoms with Gasteiger partial charge in [0.05, 0.1) is 11.8 Å². The third kappa shape index (κ3) is 2.93. The standard InChI is InChI=1S/C14H16N2O3/c1-8-6-11(4-5-12(8)14(17)18)16-10(3)13-15-7-9(2)19-13/h4-7,10,16H,1-3H3,(H,17,18). The van der Waals surface area contributed by atoms with Crippen LogP contribution in [0.3, 0.4) is 0 Å². The van der Waals surface area contributed by atoms with Crippen LogP contribution < -0.4 is 5.32 Å². The largest absolute Gasteiger partial charge is 0.478 e. The summed E-state index contributed by atoms with van der Waals surface area (Å²) in [4.78, 5) is 15.1. The van der Waals surface area contributed by atoms with Crippen molar-refractivity contribution in [2.24, 2.45) is 0 Å². The molecule has 2 rings (SSSR count). The molecule has 2 N–H and O–H groups in total. The van der Waals surface area contributed by atoms with Crippen LogP contribution in [-0.2, 0) is 0 Å². The van der Waals surface area contributed by atoms with Gasteiger partial charge in [-0.1, -0.05) is 0 Å². The zero-order valence-electron chi connectivity index (χ0n) is 11.1. The van der Waals surface area contributed by atoms with Gasteiger partial charge in [0.1, 0.15) is 11.8 Å². The van der Waals surface area contributed by atoms with Crippen molar-refractivity contribution in [3.63, 3.8) is 0 Å². The Morgan fingerprint density at radius 2 is 2.16 bits per heavy atom. The van der Waals surface area contributed by atoms with Gasteiger partial charge in [-0.05, 0) is 44.5 Å². The summed E-state index contributed by atoms with van der Waals surface area (Å²) in [6, 6.07) is 5.05. The van der Waals surface area contributed by atoms with Crippen molar-refractivity contribution in [2.45, 2.75) is 26.8 Å². The number of nitrogens with zero attached hydrogens (tertiary/aromatic N) is 1. The van der Waals surface area contributed by atoms with Crippen molar-refractivity contribution in [3.05, 3.63) is 47.2 Å². The number of aryl methyl sites for hydroxylation is 2. The van der Waals surface area contributed by atoms with E-state index in [1.165, 1.54) is 0 Å². The zero-order valence-corrected chi connectivity index (χ0v) is 11.1. The molecule has 0 bridgehead atoms. The van der Waals surface area contributed by atoms with E-state index < -0.39 is 5.97 Å². The number of carbonyl (C=O) groups is 1. The molecule has 0 spiro atoms. The van der Waals surface area contributed by atoms with Crippen LogP contribution in [0.1, 0.15) is 40.5 Å². The molecule has 100 valence electrons. The number of anilines is 1. The molecule has 2 aromatic rings. The van der Waals surface area contributed by atoms with E-state index >= 15 is 0 Å². The van der Waals surface area contributed by atoms with E-state index in [0.717, 1.165) is 11.4 Å². The minimum Gasteiger partial charge on any atom is -0.478 e. The number of rotatable bonds is 4. The summed E-state index contributed by atoms with van der Waals surface area (Å²) in [5, 5.41) is 12.2. The van der Waals surface area contributed by atoms with Gasteiger partial charge in [0.25, 0.3) is 0 Å². The Hall–Kier alpha value is -2.30. The summed E-state index contributed by atoms with van der Waals surface area (Å²) in [5.41, 5.74) is 1.87. The minimum absolute atomic E-state index is 0.0798.